The zero-order valence-electron chi connectivity index (χ0n) is 15.6. The summed E-state index contributed by atoms with van der Waals surface area (Å²) in [4.78, 5) is 4.05. The van der Waals surface area contributed by atoms with E-state index in [4.69, 9.17) is 16.1 Å². The molecule has 1 aliphatic rings. The largest absolute Gasteiger partial charge is 0.586 e. The standard InChI is InChI=1S/C22H13ClF2N2O4/c23-15-5-1-3-13(9-15)21-18(20(28)14-4-2-8-26-11-14)19(27-31-21)12-6-7-16-17(10-12)30-22(24,25)29-16/h1-11,20,28H. The van der Waals surface area contributed by atoms with Crippen molar-refractivity contribution in [1.29, 1.82) is 0 Å². The Labute approximate surface area is 179 Å². The Kier molecular flexibility index (Phi) is 4.60. The van der Waals surface area contributed by atoms with Crippen molar-refractivity contribution in [1.82, 2.24) is 10.1 Å². The molecule has 0 saturated carbocycles. The lowest BCUT2D eigenvalue weighted by atomic mass is 9.95. The Hall–Kier alpha value is -3.49. The number of nitrogens with zero attached hydrogens (tertiary/aromatic N) is 2. The number of aliphatic hydroxyl groups is 1. The smallest absolute Gasteiger partial charge is 0.395 e. The monoisotopic (exact) mass is 442 g/mol. The number of aliphatic hydroxyl groups excluding tert-OH is 1. The minimum Gasteiger partial charge on any atom is -0.395 e. The second kappa shape index (κ2) is 7.33. The predicted octanol–water partition coefficient (Wildman–Crippen LogP) is 5.46. The van der Waals surface area contributed by atoms with Crippen LogP contribution in [-0.2, 0) is 0 Å². The van der Waals surface area contributed by atoms with E-state index in [9.17, 15) is 13.9 Å². The number of pyridine rings is 1. The van der Waals surface area contributed by atoms with E-state index in [2.05, 4.69) is 19.6 Å². The van der Waals surface area contributed by atoms with Gasteiger partial charge in [0, 0.05) is 34.1 Å². The molecule has 0 bridgehead atoms. The lowest BCUT2D eigenvalue weighted by Gasteiger charge is -2.13. The fourth-order valence-electron chi connectivity index (χ4n) is 3.40. The van der Waals surface area contributed by atoms with Crippen molar-refractivity contribution in [3.63, 3.8) is 0 Å². The van der Waals surface area contributed by atoms with E-state index in [0.29, 0.717) is 27.3 Å². The van der Waals surface area contributed by atoms with Crippen LogP contribution in [0.15, 0.2) is 71.5 Å². The summed E-state index contributed by atoms with van der Waals surface area (Å²) in [6.07, 6.45) is -1.80. The molecule has 0 aliphatic carbocycles. The Bertz CT molecular complexity index is 1260. The average molecular weight is 443 g/mol. The SMILES string of the molecule is OC(c1cccnc1)c1c(-c2ccc3c(c2)OC(F)(F)O3)noc1-c1cccc(Cl)c1. The summed E-state index contributed by atoms with van der Waals surface area (Å²) >= 11 is 6.12. The van der Waals surface area contributed by atoms with Crippen LogP contribution >= 0.6 is 11.6 Å². The molecule has 0 spiro atoms. The molecule has 0 fully saturated rings. The molecule has 4 aromatic rings. The van der Waals surface area contributed by atoms with Crippen molar-refractivity contribution >= 4 is 11.6 Å². The van der Waals surface area contributed by atoms with Crippen LogP contribution in [0.1, 0.15) is 17.2 Å². The van der Waals surface area contributed by atoms with Gasteiger partial charge in [0.2, 0.25) is 0 Å². The molecule has 5 rings (SSSR count). The van der Waals surface area contributed by atoms with E-state index in [-0.39, 0.29) is 23.0 Å². The molecule has 3 heterocycles. The highest BCUT2D eigenvalue weighted by atomic mass is 35.5. The van der Waals surface area contributed by atoms with E-state index in [0.717, 1.165) is 0 Å². The third-order valence-corrected chi connectivity index (χ3v) is 5.00. The van der Waals surface area contributed by atoms with Gasteiger partial charge in [-0.3, -0.25) is 4.98 Å². The summed E-state index contributed by atoms with van der Waals surface area (Å²) in [5.74, 6) is 0.0511. The van der Waals surface area contributed by atoms with Crippen LogP contribution in [-0.4, -0.2) is 21.5 Å². The molecule has 0 radical (unpaired) electrons. The highest BCUT2D eigenvalue weighted by Gasteiger charge is 2.43. The van der Waals surface area contributed by atoms with Crippen molar-refractivity contribution < 1.29 is 27.9 Å². The van der Waals surface area contributed by atoms with Gasteiger partial charge in [0.15, 0.2) is 17.3 Å². The molecule has 2 aromatic heterocycles. The van der Waals surface area contributed by atoms with Gasteiger partial charge in [-0.1, -0.05) is 35.0 Å². The lowest BCUT2D eigenvalue weighted by molar-refractivity contribution is -0.286. The molecule has 31 heavy (non-hydrogen) atoms. The summed E-state index contributed by atoms with van der Waals surface area (Å²) in [6.45, 7) is 0. The van der Waals surface area contributed by atoms with Gasteiger partial charge in [0.25, 0.3) is 0 Å². The zero-order valence-corrected chi connectivity index (χ0v) is 16.4. The average Bonchev–Trinajstić information content (AvgIpc) is 3.32. The van der Waals surface area contributed by atoms with Crippen LogP contribution in [0, 0.1) is 0 Å². The fraction of sp³-hybridized carbons (Fsp3) is 0.0909. The van der Waals surface area contributed by atoms with E-state index in [1.807, 2.05) is 0 Å². The van der Waals surface area contributed by atoms with Crippen LogP contribution in [0.4, 0.5) is 8.78 Å². The number of halogens is 3. The number of benzene rings is 2. The Morgan fingerprint density at radius 3 is 2.58 bits per heavy atom. The summed E-state index contributed by atoms with van der Waals surface area (Å²) < 4.78 is 41.4. The maximum absolute atomic E-state index is 13.4. The van der Waals surface area contributed by atoms with Crippen LogP contribution < -0.4 is 9.47 Å². The highest BCUT2D eigenvalue weighted by molar-refractivity contribution is 6.30. The minimum atomic E-state index is -3.74. The molecule has 1 atom stereocenters. The van der Waals surface area contributed by atoms with Gasteiger partial charge in [0.05, 0.1) is 5.56 Å². The molecule has 0 amide bonds. The van der Waals surface area contributed by atoms with Gasteiger partial charge in [-0.2, -0.15) is 0 Å². The lowest BCUT2D eigenvalue weighted by Crippen LogP contribution is -2.25. The summed E-state index contributed by atoms with van der Waals surface area (Å²) in [5, 5.41) is 15.8. The molecule has 0 saturated heterocycles. The second-order valence-electron chi connectivity index (χ2n) is 6.80. The molecule has 1 N–H and O–H groups in total. The molecular weight excluding hydrogens is 430 g/mol. The van der Waals surface area contributed by atoms with Gasteiger partial charge in [-0.25, -0.2) is 0 Å². The van der Waals surface area contributed by atoms with Gasteiger partial charge in [-0.05, 0) is 36.4 Å². The number of aromatic nitrogens is 2. The van der Waals surface area contributed by atoms with Gasteiger partial charge < -0.3 is 19.1 Å². The molecule has 156 valence electrons. The molecule has 1 aliphatic heterocycles. The first-order valence-corrected chi connectivity index (χ1v) is 9.53. The van der Waals surface area contributed by atoms with Crippen molar-refractivity contribution in [3.8, 4) is 34.1 Å². The first kappa shape index (κ1) is 19.5. The Morgan fingerprint density at radius 1 is 0.968 bits per heavy atom. The van der Waals surface area contributed by atoms with Crippen LogP contribution in [0.2, 0.25) is 5.02 Å². The summed E-state index contributed by atoms with van der Waals surface area (Å²) in [7, 11) is 0. The summed E-state index contributed by atoms with van der Waals surface area (Å²) in [5.41, 5.74) is 2.09. The highest BCUT2D eigenvalue weighted by Crippen LogP contribution is 2.45. The molecule has 2 aromatic carbocycles. The number of fused-ring (bicyclic) bond motifs is 1. The normalized spacial score (nSPS) is 15.1. The number of rotatable bonds is 4. The third kappa shape index (κ3) is 3.60. The summed E-state index contributed by atoms with van der Waals surface area (Å²) in [6, 6.07) is 14.5. The van der Waals surface area contributed by atoms with E-state index < -0.39 is 12.4 Å². The zero-order chi connectivity index (χ0) is 21.6. The first-order valence-electron chi connectivity index (χ1n) is 9.15. The maximum Gasteiger partial charge on any atom is 0.586 e. The molecule has 1 unspecified atom stereocenters. The molecular formula is C22H13ClF2N2O4. The van der Waals surface area contributed by atoms with Crippen molar-refractivity contribution in [3.05, 3.63) is 83.1 Å². The number of alkyl halides is 2. The van der Waals surface area contributed by atoms with Crippen molar-refractivity contribution in [2.45, 2.75) is 12.4 Å². The Morgan fingerprint density at radius 2 is 1.81 bits per heavy atom. The van der Waals surface area contributed by atoms with Crippen LogP contribution in [0.5, 0.6) is 11.5 Å². The number of ether oxygens (including phenoxy) is 2. The van der Waals surface area contributed by atoms with E-state index >= 15 is 0 Å². The van der Waals surface area contributed by atoms with Crippen LogP contribution in [0.3, 0.4) is 0 Å². The quantitative estimate of drug-likeness (QED) is 0.452. The number of hydrogen-bond donors (Lipinski definition) is 1. The first-order chi connectivity index (χ1) is 14.9. The van der Waals surface area contributed by atoms with Crippen molar-refractivity contribution in [2.24, 2.45) is 0 Å². The Balaban J connectivity index is 1.67. The topological polar surface area (TPSA) is 77.6 Å². The van der Waals surface area contributed by atoms with Gasteiger partial charge in [0.1, 0.15) is 11.8 Å². The van der Waals surface area contributed by atoms with E-state index in [1.165, 1.54) is 24.4 Å². The predicted molar refractivity (Wildman–Crippen MR) is 107 cm³/mol. The minimum absolute atomic E-state index is 0.0957. The number of hydrogen-bond acceptors (Lipinski definition) is 6. The third-order valence-electron chi connectivity index (χ3n) is 4.76. The van der Waals surface area contributed by atoms with Crippen LogP contribution in [0.25, 0.3) is 22.6 Å². The maximum atomic E-state index is 13.4. The molecule has 9 heteroatoms. The van der Waals surface area contributed by atoms with E-state index in [1.54, 1.807) is 42.6 Å². The van der Waals surface area contributed by atoms with Gasteiger partial charge >= 0.3 is 6.29 Å². The van der Waals surface area contributed by atoms with Gasteiger partial charge in [-0.15, -0.1) is 8.78 Å². The van der Waals surface area contributed by atoms with Crippen molar-refractivity contribution in [2.75, 3.05) is 0 Å². The fourth-order valence-corrected chi connectivity index (χ4v) is 3.59. The second-order valence-corrected chi connectivity index (χ2v) is 7.24. The molecule has 6 nitrogen and oxygen atoms in total.